The fourth-order valence-corrected chi connectivity index (χ4v) is 3.58. The van der Waals surface area contributed by atoms with Crippen LogP contribution in [0.15, 0.2) is 29.2 Å². The van der Waals surface area contributed by atoms with Crippen LogP contribution < -0.4 is 0 Å². The molecular formula is C14H20O3S. The molecule has 0 saturated heterocycles. The van der Waals surface area contributed by atoms with Gasteiger partial charge in [0, 0.05) is 0 Å². The van der Waals surface area contributed by atoms with Crippen molar-refractivity contribution in [3.05, 3.63) is 29.8 Å². The SMILES string of the molecule is Cc1ccc(S(=O)(=O)CCC(C)(O)C2CC2)cc1. The summed E-state index contributed by atoms with van der Waals surface area (Å²) in [4.78, 5) is 0.347. The van der Waals surface area contributed by atoms with Crippen LogP contribution in [-0.4, -0.2) is 24.9 Å². The first-order chi connectivity index (χ1) is 8.31. The molecule has 1 saturated carbocycles. The monoisotopic (exact) mass is 268 g/mol. The summed E-state index contributed by atoms with van der Waals surface area (Å²) >= 11 is 0. The largest absolute Gasteiger partial charge is 0.390 e. The molecule has 3 nitrogen and oxygen atoms in total. The van der Waals surface area contributed by atoms with Crippen LogP contribution in [0.5, 0.6) is 0 Å². The van der Waals surface area contributed by atoms with Gasteiger partial charge in [0.15, 0.2) is 9.84 Å². The van der Waals surface area contributed by atoms with E-state index in [1.165, 1.54) is 0 Å². The maximum atomic E-state index is 12.1. The predicted molar refractivity (Wildman–Crippen MR) is 71.2 cm³/mol. The van der Waals surface area contributed by atoms with E-state index in [0.29, 0.717) is 11.3 Å². The van der Waals surface area contributed by atoms with E-state index >= 15 is 0 Å². The lowest BCUT2D eigenvalue weighted by Crippen LogP contribution is -2.30. The van der Waals surface area contributed by atoms with Crippen LogP contribution in [0.25, 0.3) is 0 Å². The predicted octanol–water partition coefficient (Wildman–Crippen LogP) is 2.32. The smallest absolute Gasteiger partial charge is 0.178 e. The van der Waals surface area contributed by atoms with E-state index in [1.54, 1.807) is 31.2 Å². The van der Waals surface area contributed by atoms with Crippen LogP contribution >= 0.6 is 0 Å². The third-order valence-electron chi connectivity index (χ3n) is 3.71. The maximum Gasteiger partial charge on any atom is 0.178 e. The minimum Gasteiger partial charge on any atom is -0.390 e. The first kappa shape index (κ1) is 13.6. The molecular weight excluding hydrogens is 248 g/mol. The summed E-state index contributed by atoms with van der Waals surface area (Å²) in [5.74, 6) is 0.297. The number of hydrogen-bond acceptors (Lipinski definition) is 3. The summed E-state index contributed by atoms with van der Waals surface area (Å²) in [5.41, 5.74) is 0.205. The van der Waals surface area contributed by atoms with Gasteiger partial charge in [0.2, 0.25) is 0 Å². The second-order valence-electron chi connectivity index (χ2n) is 5.51. The molecule has 1 atom stereocenters. The summed E-state index contributed by atoms with van der Waals surface area (Å²) in [6.45, 7) is 3.67. The highest BCUT2D eigenvalue weighted by Gasteiger charge is 2.40. The molecule has 0 heterocycles. The minimum absolute atomic E-state index is 0.0135. The standard InChI is InChI=1S/C14H20O3S/c1-11-3-7-13(8-4-11)18(16,17)10-9-14(2,15)12-5-6-12/h3-4,7-8,12,15H,5-6,9-10H2,1-2H3. The fourth-order valence-electron chi connectivity index (χ4n) is 2.11. The third-order valence-corrected chi connectivity index (χ3v) is 5.45. The summed E-state index contributed by atoms with van der Waals surface area (Å²) in [5, 5.41) is 10.1. The first-order valence-electron chi connectivity index (χ1n) is 6.33. The molecule has 1 N–H and O–H groups in total. The quantitative estimate of drug-likeness (QED) is 0.891. The Bertz CT molecular complexity index is 510. The first-order valence-corrected chi connectivity index (χ1v) is 7.98. The number of sulfone groups is 1. The number of aryl methyl sites for hydroxylation is 1. The van der Waals surface area contributed by atoms with E-state index in [-0.39, 0.29) is 11.7 Å². The third kappa shape index (κ3) is 3.12. The highest BCUT2D eigenvalue weighted by Crippen LogP contribution is 2.41. The van der Waals surface area contributed by atoms with E-state index in [1.807, 2.05) is 6.92 Å². The number of hydrogen-bond donors (Lipinski definition) is 1. The van der Waals surface area contributed by atoms with Gasteiger partial charge in [-0.05, 0) is 51.2 Å². The molecule has 0 amide bonds. The van der Waals surface area contributed by atoms with Crippen molar-refractivity contribution < 1.29 is 13.5 Å². The summed E-state index contributed by atoms with van der Waals surface area (Å²) in [6, 6.07) is 6.87. The molecule has 0 aromatic heterocycles. The number of rotatable bonds is 5. The Hall–Kier alpha value is -0.870. The van der Waals surface area contributed by atoms with Crippen LogP contribution in [0.2, 0.25) is 0 Å². The Morgan fingerprint density at radius 2 is 1.83 bits per heavy atom. The minimum atomic E-state index is -3.28. The zero-order valence-corrected chi connectivity index (χ0v) is 11.7. The highest BCUT2D eigenvalue weighted by molar-refractivity contribution is 7.91. The van der Waals surface area contributed by atoms with Crippen molar-refractivity contribution in [1.82, 2.24) is 0 Å². The maximum absolute atomic E-state index is 12.1. The molecule has 1 unspecified atom stereocenters. The Labute approximate surface area is 109 Å². The normalized spacial score (nSPS) is 19.5. The Morgan fingerprint density at radius 1 is 1.28 bits per heavy atom. The van der Waals surface area contributed by atoms with Crippen molar-refractivity contribution in [3.8, 4) is 0 Å². The Morgan fingerprint density at radius 3 is 2.33 bits per heavy atom. The molecule has 0 aliphatic heterocycles. The molecule has 1 aliphatic carbocycles. The van der Waals surface area contributed by atoms with Gasteiger partial charge < -0.3 is 5.11 Å². The second-order valence-corrected chi connectivity index (χ2v) is 7.62. The van der Waals surface area contributed by atoms with Crippen molar-refractivity contribution in [1.29, 1.82) is 0 Å². The Kier molecular flexibility index (Phi) is 3.52. The van der Waals surface area contributed by atoms with Crippen molar-refractivity contribution >= 4 is 9.84 Å². The van der Waals surface area contributed by atoms with Crippen LogP contribution in [0.4, 0.5) is 0 Å². The molecule has 0 bridgehead atoms. The molecule has 1 aliphatic rings. The van der Waals surface area contributed by atoms with Gasteiger partial charge in [0.05, 0.1) is 16.2 Å². The lowest BCUT2D eigenvalue weighted by atomic mass is 9.98. The lowest BCUT2D eigenvalue weighted by molar-refractivity contribution is 0.0337. The highest BCUT2D eigenvalue weighted by atomic mass is 32.2. The van der Waals surface area contributed by atoms with Crippen LogP contribution in [0.3, 0.4) is 0 Å². The summed E-state index contributed by atoms with van der Waals surface area (Å²) in [7, 11) is -3.28. The van der Waals surface area contributed by atoms with E-state index in [0.717, 1.165) is 18.4 Å². The summed E-state index contributed by atoms with van der Waals surface area (Å²) < 4.78 is 24.2. The molecule has 0 radical (unpaired) electrons. The Balaban J connectivity index is 2.05. The van der Waals surface area contributed by atoms with Crippen LogP contribution in [0.1, 0.15) is 31.7 Å². The van der Waals surface area contributed by atoms with Gasteiger partial charge in [-0.25, -0.2) is 8.42 Å². The average molecular weight is 268 g/mol. The topological polar surface area (TPSA) is 54.4 Å². The fraction of sp³-hybridized carbons (Fsp3) is 0.571. The molecule has 18 heavy (non-hydrogen) atoms. The molecule has 1 aromatic rings. The molecule has 1 aromatic carbocycles. The molecule has 2 rings (SSSR count). The zero-order valence-electron chi connectivity index (χ0n) is 10.9. The van der Waals surface area contributed by atoms with Gasteiger partial charge in [0.1, 0.15) is 0 Å². The zero-order chi connectivity index (χ0) is 13.4. The lowest BCUT2D eigenvalue weighted by Gasteiger charge is -2.22. The summed E-state index contributed by atoms with van der Waals surface area (Å²) in [6.07, 6.45) is 2.34. The van der Waals surface area contributed by atoms with Crippen molar-refractivity contribution in [2.75, 3.05) is 5.75 Å². The molecule has 0 spiro atoms. The van der Waals surface area contributed by atoms with E-state index in [4.69, 9.17) is 0 Å². The van der Waals surface area contributed by atoms with E-state index < -0.39 is 15.4 Å². The van der Waals surface area contributed by atoms with Crippen LogP contribution in [0, 0.1) is 12.8 Å². The van der Waals surface area contributed by atoms with E-state index in [9.17, 15) is 13.5 Å². The van der Waals surface area contributed by atoms with Crippen molar-refractivity contribution in [2.45, 2.75) is 43.6 Å². The van der Waals surface area contributed by atoms with Crippen molar-refractivity contribution in [2.24, 2.45) is 5.92 Å². The van der Waals surface area contributed by atoms with Gasteiger partial charge in [-0.1, -0.05) is 17.7 Å². The van der Waals surface area contributed by atoms with Gasteiger partial charge in [-0.2, -0.15) is 0 Å². The number of benzene rings is 1. The van der Waals surface area contributed by atoms with Gasteiger partial charge in [-0.15, -0.1) is 0 Å². The molecule has 1 fully saturated rings. The average Bonchev–Trinajstić information content (AvgIpc) is 3.11. The van der Waals surface area contributed by atoms with Crippen molar-refractivity contribution in [3.63, 3.8) is 0 Å². The van der Waals surface area contributed by atoms with Gasteiger partial charge >= 0.3 is 0 Å². The van der Waals surface area contributed by atoms with Gasteiger partial charge in [-0.3, -0.25) is 0 Å². The molecule has 100 valence electrons. The number of aliphatic hydroxyl groups is 1. The van der Waals surface area contributed by atoms with E-state index in [2.05, 4.69) is 0 Å². The second kappa shape index (κ2) is 4.67. The molecule has 4 heteroatoms. The van der Waals surface area contributed by atoms with Gasteiger partial charge in [0.25, 0.3) is 0 Å². The van der Waals surface area contributed by atoms with Crippen LogP contribution in [-0.2, 0) is 9.84 Å².